The highest BCUT2D eigenvalue weighted by Crippen LogP contribution is 2.33. The van der Waals surface area contributed by atoms with Crippen molar-refractivity contribution in [3.63, 3.8) is 0 Å². The fourth-order valence-electron chi connectivity index (χ4n) is 4.06. The Labute approximate surface area is 164 Å². The number of amides is 2. The van der Waals surface area contributed by atoms with Crippen LogP contribution in [0.2, 0.25) is 0 Å². The molecule has 4 rings (SSSR count). The summed E-state index contributed by atoms with van der Waals surface area (Å²) in [6.45, 7) is 4.68. The maximum absolute atomic E-state index is 12.9. The fraction of sp³-hybridized carbons (Fsp3) is 0.476. The number of aryl methyl sites for hydroxylation is 1. The summed E-state index contributed by atoms with van der Waals surface area (Å²) in [6.07, 6.45) is 5.85. The normalized spacial score (nSPS) is 23.1. The molecule has 2 aliphatic heterocycles. The highest BCUT2D eigenvalue weighted by Gasteiger charge is 2.42. The Morgan fingerprint density at radius 1 is 1.21 bits per heavy atom. The first-order chi connectivity index (χ1) is 13.6. The van der Waals surface area contributed by atoms with Crippen LogP contribution in [0.5, 0.6) is 0 Å². The average molecular weight is 382 g/mol. The van der Waals surface area contributed by atoms with Gasteiger partial charge in [-0.3, -0.25) is 14.3 Å². The number of carbonyl (C=O) groups is 2. The second kappa shape index (κ2) is 7.75. The summed E-state index contributed by atoms with van der Waals surface area (Å²) in [5.74, 6) is 0.00420. The van der Waals surface area contributed by atoms with Gasteiger partial charge in [0, 0.05) is 31.5 Å². The second-order valence-corrected chi connectivity index (χ2v) is 7.52. The lowest BCUT2D eigenvalue weighted by Crippen LogP contribution is -2.55. The molecule has 0 aliphatic carbocycles. The molecule has 1 spiro atoms. The van der Waals surface area contributed by atoms with Gasteiger partial charge in [0.2, 0.25) is 0 Å². The molecule has 0 radical (unpaired) electrons. The first kappa shape index (κ1) is 18.7. The van der Waals surface area contributed by atoms with Gasteiger partial charge in [0.15, 0.2) is 0 Å². The molecule has 0 bridgehead atoms. The molecule has 1 aromatic carbocycles. The Balaban J connectivity index is 1.47. The van der Waals surface area contributed by atoms with Gasteiger partial charge < -0.3 is 14.5 Å². The fourth-order valence-corrected chi connectivity index (χ4v) is 4.06. The molecule has 2 amide bonds. The van der Waals surface area contributed by atoms with Crippen LogP contribution in [0.1, 0.15) is 36.5 Å². The van der Waals surface area contributed by atoms with Gasteiger partial charge in [-0.2, -0.15) is 5.10 Å². The molecule has 1 atom stereocenters. The van der Waals surface area contributed by atoms with Gasteiger partial charge in [-0.1, -0.05) is 18.2 Å². The van der Waals surface area contributed by atoms with E-state index >= 15 is 0 Å². The summed E-state index contributed by atoms with van der Waals surface area (Å²) >= 11 is 0. The number of anilines is 1. The van der Waals surface area contributed by atoms with Crippen molar-refractivity contribution in [1.29, 1.82) is 0 Å². The van der Waals surface area contributed by atoms with E-state index in [1.807, 2.05) is 47.1 Å². The van der Waals surface area contributed by atoms with Crippen molar-refractivity contribution < 1.29 is 14.3 Å². The van der Waals surface area contributed by atoms with E-state index < -0.39 is 5.60 Å². The van der Waals surface area contributed by atoms with E-state index in [0.29, 0.717) is 25.2 Å². The topological polar surface area (TPSA) is 67.7 Å². The predicted molar refractivity (Wildman–Crippen MR) is 105 cm³/mol. The summed E-state index contributed by atoms with van der Waals surface area (Å²) < 4.78 is 7.82. The molecule has 1 aromatic heterocycles. The molecule has 2 aliphatic rings. The zero-order valence-electron chi connectivity index (χ0n) is 16.2. The first-order valence-electron chi connectivity index (χ1n) is 9.91. The van der Waals surface area contributed by atoms with E-state index in [1.54, 1.807) is 17.1 Å². The van der Waals surface area contributed by atoms with Crippen LogP contribution in [-0.2, 0) is 16.1 Å². The van der Waals surface area contributed by atoms with Crippen LogP contribution in [0.3, 0.4) is 0 Å². The number of rotatable bonds is 3. The van der Waals surface area contributed by atoms with Crippen LogP contribution >= 0.6 is 0 Å². The van der Waals surface area contributed by atoms with Gasteiger partial charge in [-0.25, -0.2) is 0 Å². The van der Waals surface area contributed by atoms with E-state index in [2.05, 4.69) is 5.10 Å². The molecule has 2 fully saturated rings. The third-order valence-electron chi connectivity index (χ3n) is 5.71. The van der Waals surface area contributed by atoms with Crippen LogP contribution in [0.4, 0.5) is 5.69 Å². The summed E-state index contributed by atoms with van der Waals surface area (Å²) in [7, 11) is 0. The molecular weight excluding hydrogens is 356 g/mol. The van der Waals surface area contributed by atoms with E-state index in [0.717, 1.165) is 31.5 Å². The number of likely N-dealkylation sites (tertiary alicyclic amines) is 1. The van der Waals surface area contributed by atoms with Crippen molar-refractivity contribution in [3.05, 3.63) is 48.3 Å². The van der Waals surface area contributed by atoms with Crippen LogP contribution in [-0.4, -0.2) is 58.3 Å². The minimum absolute atomic E-state index is 0.0130. The van der Waals surface area contributed by atoms with Crippen molar-refractivity contribution in [2.24, 2.45) is 0 Å². The number of nitrogens with zero attached hydrogens (tertiary/aromatic N) is 4. The van der Waals surface area contributed by atoms with Crippen LogP contribution in [0, 0.1) is 0 Å². The minimum atomic E-state index is -0.396. The number of aromatic nitrogens is 2. The maximum Gasteiger partial charge on any atom is 0.257 e. The highest BCUT2D eigenvalue weighted by atomic mass is 16.5. The van der Waals surface area contributed by atoms with Crippen molar-refractivity contribution in [2.45, 2.75) is 38.3 Å². The number of hydrogen-bond donors (Lipinski definition) is 0. The monoisotopic (exact) mass is 382 g/mol. The molecule has 0 saturated carbocycles. The number of morpholine rings is 1. The van der Waals surface area contributed by atoms with Crippen LogP contribution in [0.25, 0.3) is 0 Å². The molecule has 2 saturated heterocycles. The quantitative estimate of drug-likeness (QED) is 0.817. The third kappa shape index (κ3) is 3.67. The van der Waals surface area contributed by atoms with E-state index in [1.165, 1.54) is 0 Å². The molecular formula is C21H26N4O3. The number of hydrogen-bond acceptors (Lipinski definition) is 4. The minimum Gasteiger partial charge on any atom is -0.363 e. The molecule has 0 N–H and O–H groups in total. The molecule has 7 nitrogen and oxygen atoms in total. The maximum atomic E-state index is 12.9. The van der Waals surface area contributed by atoms with E-state index in [4.69, 9.17) is 4.74 Å². The number of benzene rings is 1. The van der Waals surface area contributed by atoms with Crippen molar-refractivity contribution in [1.82, 2.24) is 14.7 Å². The lowest BCUT2D eigenvalue weighted by molar-refractivity contribution is -0.140. The second-order valence-electron chi connectivity index (χ2n) is 7.52. The zero-order chi connectivity index (χ0) is 19.6. The van der Waals surface area contributed by atoms with Gasteiger partial charge in [0.25, 0.3) is 11.8 Å². The predicted octanol–water partition coefficient (Wildman–Crippen LogP) is 2.33. The van der Waals surface area contributed by atoms with E-state index in [9.17, 15) is 9.59 Å². The van der Waals surface area contributed by atoms with Crippen molar-refractivity contribution in [3.8, 4) is 0 Å². The lowest BCUT2D eigenvalue weighted by Gasteiger charge is -2.42. The molecule has 7 heteroatoms. The van der Waals surface area contributed by atoms with Gasteiger partial charge in [0.1, 0.15) is 6.61 Å². The summed E-state index contributed by atoms with van der Waals surface area (Å²) in [5, 5.41) is 4.21. The zero-order valence-corrected chi connectivity index (χ0v) is 16.2. The summed E-state index contributed by atoms with van der Waals surface area (Å²) in [5.41, 5.74) is 1.13. The van der Waals surface area contributed by atoms with Gasteiger partial charge >= 0.3 is 0 Å². The first-order valence-corrected chi connectivity index (χ1v) is 9.91. The number of para-hydroxylation sites is 1. The summed E-state index contributed by atoms with van der Waals surface area (Å²) in [6, 6.07) is 9.73. The molecule has 1 unspecified atom stereocenters. The summed E-state index contributed by atoms with van der Waals surface area (Å²) in [4.78, 5) is 29.0. The highest BCUT2D eigenvalue weighted by molar-refractivity contribution is 5.95. The SMILES string of the molecule is CCn1cc(C(=O)N2CCCC3(CC2)CN(c2ccccc2)C(=O)CO3)cn1. The third-order valence-corrected chi connectivity index (χ3v) is 5.71. The van der Waals surface area contributed by atoms with Crippen molar-refractivity contribution in [2.75, 3.05) is 31.1 Å². The van der Waals surface area contributed by atoms with E-state index in [-0.39, 0.29) is 18.4 Å². The van der Waals surface area contributed by atoms with Gasteiger partial charge in [0.05, 0.1) is 23.9 Å². The van der Waals surface area contributed by atoms with Gasteiger partial charge in [-0.15, -0.1) is 0 Å². The number of ether oxygens (including phenoxy) is 1. The van der Waals surface area contributed by atoms with Gasteiger partial charge in [-0.05, 0) is 38.3 Å². The molecule has 148 valence electrons. The Hall–Kier alpha value is -2.67. The molecule has 3 heterocycles. The van der Waals surface area contributed by atoms with Crippen LogP contribution in [0.15, 0.2) is 42.7 Å². The lowest BCUT2D eigenvalue weighted by atomic mass is 9.92. The Morgan fingerprint density at radius 2 is 2.04 bits per heavy atom. The smallest absolute Gasteiger partial charge is 0.257 e. The Kier molecular flexibility index (Phi) is 5.17. The molecule has 28 heavy (non-hydrogen) atoms. The number of carbonyl (C=O) groups excluding carboxylic acids is 2. The molecule has 2 aromatic rings. The Morgan fingerprint density at radius 3 is 2.79 bits per heavy atom. The van der Waals surface area contributed by atoms with Crippen molar-refractivity contribution >= 4 is 17.5 Å². The average Bonchev–Trinajstić information content (AvgIpc) is 3.12. The standard InChI is InChI=1S/C21H26N4O3/c1-2-24-14-17(13-22-24)20(27)23-11-6-9-21(10-12-23)16-25(19(26)15-28-21)18-7-4-3-5-8-18/h3-5,7-8,13-14H,2,6,9-12,15-16H2,1H3. The largest absolute Gasteiger partial charge is 0.363 e. The Bertz CT molecular complexity index is 850. The van der Waals surface area contributed by atoms with Crippen LogP contribution < -0.4 is 4.90 Å².